The Morgan fingerprint density at radius 3 is 2.63 bits per heavy atom. The highest BCUT2D eigenvalue weighted by Crippen LogP contribution is 2.21. The maximum absolute atomic E-state index is 4.57. The summed E-state index contributed by atoms with van der Waals surface area (Å²) >= 11 is 3.46. The Morgan fingerprint density at radius 2 is 2.00 bits per heavy atom. The van der Waals surface area contributed by atoms with Gasteiger partial charge in [0.15, 0.2) is 0 Å². The minimum Gasteiger partial charge on any atom is -0.311 e. The number of rotatable bonds is 4. The number of nitrogens with zero attached hydrogens (tertiary/aromatic N) is 2. The van der Waals surface area contributed by atoms with Crippen molar-refractivity contribution in [3.8, 4) is 0 Å². The molecule has 0 bridgehead atoms. The fourth-order valence-corrected chi connectivity index (χ4v) is 2.64. The van der Waals surface area contributed by atoms with E-state index in [-0.39, 0.29) is 6.04 Å². The van der Waals surface area contributed by atoms with Gasteiger partial charge < -0.3 is 5.32 Å². The molecule has 0 aliphatic rings. The summed E-state index contributed by atoms with van der Waals surface area (Å²) in [5.74, 6) is 0. The van der Waals surface area contributed by atoms with E-state index in [4.69, 9.17) is 0 Å². The summed E-state index contributed by atoms with van der Waals surface area (Å²) in [5.41, 5.74) is 4.71. The number of aromatic nitrogens is 2. The number of halogens is 1. The Hall–Kier alpha value is -1.26. The summed E-state index contributed by atoms with van der Waals surface area (Å²) in [4.78, 5) is 8.78. The zero-order valence-corrected chi connectivity index (χ0v) is 13.0. The minimum absolute atomic E-state index is 0.205. The van der Waals surface area contributed by atoms with Crippen LogP contribution in [0.25, 0.3) is 0 Å². The minimum atomic E-state index is 0.205. The lowest BCUT2D eigenvalue weighted by molar-refractivity contribution is 0.571. The molecule has 2 heterocycles. The van der Waals surface area contributed by atoms with Gasteiger partial charge in [-0.1, -0.05) is 6.07 Å². The van der Waals surface area contributed by atoms with E-state index in [1.165, 1.54) is 16.7 Å². The molecule has 0 aromatic carbocycles. The average molecular weight is 320 g/mol. The summed E-state index contributed by atoms with van der Waals surface area (Å²) in [6, 6.07) is 4.48. The van der Waals surface area contributed by atoms with Crippen molar-refractivity contribution in [3.05, 3.63) is 57.6 Å². The number of likely N-dealkylation sites (N-methyl/N-ethyl adjacent to an activating group) is 1. The lowest BCUT2D eigenvalue weighted by Gasteiger charge is -2.18. The molecule has 0 aliphatic carbocycles. The van der Waals surface area contributed by atoms with Crippen LogP contribution >= 0.6 is 15.9 Å². The van der Waals surface area contributed by atoms with E-state index in [1.807, 2.05) is 19.4 Å². The quantitative estimate of drug-likeness (QED) is 0.939. The van der Waals surface area contributed by atoms with Crippen LogP contribution < -0.4 is 5.32 Å². The molecular formula is C15H18BrN3. The van der Waals surface area contributed by atoms with E-state index in [1.54, 1.807) is 6.20 Å². The average Bonchev–Trinajstić information content (AvgIpc) is 2.37. The van der Waals surface area contributed by atoms with Crippen LogP contribution in [0.5, 0.6) is 0 Å². The molecule has 2 aromatic rings. The first-order valence-electron chi connectivity index (χ1n) is 6.30. The topological polar surface area (TPSA) is 37.8 Å². The van der Waals surface area contributed by atoms with Crippen LogP contribution in [0.4, 0.5) is 0 Å². The van der Waals surface area contributed by atoms with E-state index in [9.17, 15) is 0 Å². The van der Waals surface area contributed by atoms with Gasteiger partial charge >= 0.3 is 0 Å². The van der Waals surface area contributed by atoms with Crippen LogP contribution in [-0.2, 0) is 6.42 Å². The van der Waals surface area contributed by atoms with Gasteiger partial charge in [-0.05, 0) is 66.0 Å². The van der Waals surface area contributed by atoms with Gasteiger partial charge in [0.2, 0.25) is 0 Å². The SMILES string of the molecule is CNC(Cc1cncc(Br)c1)c1ncc(C)cc1C. The van der Waals surface area contributed by atoms with Crippen molar-refractivity contribution < 1.29 is 0 Å². The van der Waals surface area contributed by atoms with Crippen LogP contribution in [0.3, 0.4) is 0 Å². The molecule has 3 nitrogen and oxygen atoms in total. The second-order valence-corrected chi connectivity index (χ2v) is 5.69. The zero-order chi connectivity index (χ0) is 13.8. The Bertz CT molecular complexity index is 569. The third kappa shape index (κ3) is 3.61. The molecular weight excluding hydrogens is 302 g/mol. The van der Waals surface area contributed by atoms with Gasteiger partial charge in [0.05, 0.1) is 11.7 Å². The van der Waals surface area contributed by atoms with Gasteiger partial charge in [0, 0.05) is 23.1 Å². The first kappa shape index (κ1) is 14.2. The number of pyridine rings is 2. The van der Waals surface area contributed by atoms with Gasteiger partial charge in [-0.25, -0.2) is 0 Å². The van der Waals surface area contributed by atoms with Crippen LogP contribution in [0.1, 0.15) is 28.4 Å². The fourth-order valence-electron chi connectivity index (χ4n) is 2.23. The Balaban J connectivity index is 2.25. The van der Waals surface area contributed by atoms with Crippen molar-refractivity contribution in [1.29, 1.82) is 0 Å². The summed E-state index contributed by atoms with van der Waals surface area (Å²) in [6.45, 7) is 4.18. The molecule has 0 radical (unpaired) electrons. The summed E-state index contributed by atoms with van der Waals surface area (Å²) in [6.07, 6.45) is 6.50. The van der Waals surface area contributed by atoms with E-state index >= 15 is 0 Å². The third-order valence-corrected chi connectivity index (χ3v) is 3.57. The molecule has 0 aliphatic heterocycles. The highest BCUT2D eigenvalue weighted by molar-refractivity contribution is 9.10. The second-order valence-electron chi connectivity index (χ2n) is 4.77. The smallest absolute Gasteiger partial charge is 0.0605 e. The Labute approximate surface area is 122 Å². The van der Waals surface area contributed by atoms with Gasteiger partial charge in [-0.3, -0.25) is 9.97 Å². The van der Waals surface area contributed by atoms with Crippen molar-refractivity contribution in [2.24, 2.45) is 0 Å². The predicted octanol–water partition coefficient (Wildman–Crippen LogP) is 3.36. The molecule has 0 spiro atoms. The molecule has 1 N–H and O–H groups in total. The largest absolute Gasteiger partial charge is 0.311 e. The standard InChI is InChI=1S/C15H18BrN3/c1-10-4-11(2)15(19-7-10)14(17-3)6-12-5-13(16)9-18-8-12/h4-5,7-9,14,17H,6H2,1-3H3. The van der Waals surface area contributed by atoms with Crippen LogP contribution in [0.2, 0.25) is 0 Å². The molecule has 0 fully saturated rings. The number of nitrogens with one attached hydrogen (secondary N) is 1. The number of hydrogen-bond acceptors (Lipinski definition) is 3. The highest BCUT2D eigenvalue weighted by atomic mass is 79.9. The van der Waals surface area contributed by atoms with Crippen molar-refractivity contribution in [3.63, 3.8) is 0 Å². The predicted molar refractivity (Wildman–Crippen MR) is 81.2 cm³/mol. The monoisotopic (exact) mass is 319 g/mol. The van der Waals surface area contributed by atoms with Gasteiger partial charge in [0.1, 0.15) is 0 Å². The normalized spacial score (nSPS) is 12.4. The maximum atomic E-state index is 4.57. The molecule has 4 heteroatoms. The van der Waals surface area contributed by atoms with Gasteiger partial charge in [-0.2, -0.15) is 0 Å². The third-order valence-electron chi connectivity index (χ3n) is 3.14. The molecule has 2 rings (SSSR count). The zero-order valence-electron chi connectivity index (χ0n) is 11.4. The van der Waals surface area contributed by atoms with E-state index in [0.717, 1.165) is 16.6 Å². The molecule has 1 unspecified atom stereocenters. The molecule has 2 aromatic heterocycles. The fraction of sp³-hybridized carbons (Fsp3) is 0.333. The first-order chi connectivity index (χ1) is 9.10. The van der Waals surface area contributed by atoms with E-state index < -0.39 is 0 Å². The molecule has 19 heavy (non-hydrogen) atoms. The van der Waals surface area contributed by atoms with Gasteiger partial charge in [0.25, 0.3) is 0 Å². The van der Waals surface area contributed by atoms with Crippen LogP contribution in [0.15, 0.2) is 35.2 Å². The number of aryl methyl sites for hydroxylation is 2. The highest BCUT2D eigenvalue weighted by Gasteiger charge is 2.14. The van der Waals surface area contributed by atoms with Crippen molar-refractivity contribution in [1.82, 2.24) is 15.3 Å². The molecule has 0 saturated carbocycles. The summed E-state index contributed by atoms with van der Waals surface area (Å²) in [5, 5.41) is 3.34. The van der Waals surface area contributed by atoms with Crippen LogP contribution in [-0.4, -0.2) is 17.0 Å². The van der Waals surface area contributed by atoms with Crippen molar-refractivity contribution in [2.75, 3.05) is 7.05 Å². The van der Waals surface area contributed by atoms with Crippen molar-refractivity contribution >= 4 is 15.9 Å². The summed E-state index contributed by atoms with van der Waals surface area (Å²) < 4.78 is 1.01. The Morgan fingerprint density at radius 1 is 1.21 bits per heavy atom. The molecule has 1 atom stereocenters. The Kier molecular flexibility index (Phi) is 4.66. The lowest BCUT2D eigenvalue weighted by atomic mass is 10.0. The molecule has 100 valence electrons. The van der Waals surface area contributed by atoms with Crippen LogP contribution in [0, 0.1) is 13.8 Å². The van der Waals surface area contributed by atoms with Gasteiger partial charge in [-0.15, -0.1) is 0 Å². The maximum Gasteiger partial charge on any atom is 0.0605 e. The second kappa shape index (κ2) is 6.26. The van der Waals surface area contributed by atoms with Crippen molar-refractivity contribution in [2.45, 2.75) is 26.3 Å². The number of hydrogen-bond donors (Lipinski definition) is 1. The van der Waals surface area contributed by atoms with E-state index in [0.29, 0.717) is 0 Å². The van der Waals surface area contributed by atoms with E-state index in [2.05, 4.69) is 57.2 Å². The first-order valence-corrected chi connectivity index (χ1v) is 7.09. The molecule has 0 amide bonds. The lowest BCUT2D eigenvalue weighted by Crippen LogP contribution is -2.21. The summed E-state index contributed by atoms with van der Waals surface area (Å²) in [7, 11) is 1.97. The molecule has 0 saturated heterocycles.